The Kier molecular flexibility index (Phi) is 6.22. The molecular weight excluding hydrogens is 547 g/mol. The van der Waals surface area contributed by atoms with Crippen molar-refractivity contribution in [1.29, 1.82) is 0 Å². The molecule has 1 spiro atoms. The molecule has 3 aromatic carbocycles. The van der Waals surface area contributed by atoms with Gasteiger partial charge in [0.2, 0.25) is 17.7 Å². The summed E-state index contributed by atoms with van der Waals surface area (Å²) < 4.78 is 6.10. The van der Waals surface area contributed by atoms with E-state index in [4.69, 9.17) is 39.5 Å². The number of rotatable bonds is 4. The molecule has 0 radical (unpaired) electrons. The first-order valence-electron chi connectivity index (χ1n) is 11.8. The molecule has 38 heavy (non-hydrogen) atoms. The fourth-order valence-electron chi connectivity index (χ4n) is 5.56. The number of nitrogens with one attached hydrogen (secondary N) is 2. The summed E-state index contributed by atoms with van der Waals surface area (Å²) in [5.74, 6) is -0.449. The molecule has 0 bridgehead atoms. The van der Waals surface area contributed by atoms with Crippen molar-refractivity contribution in [3.8, 4) is 11.6 Å². The minimum atomic E-state index is -1.27. The van der Waals surface area contributed by atoms with Crippen LogP contribution in [0, 0.1) is 0 Å². The minimum absolute atomic E-state index is 0.0627. The lowest BCUT2D eigenvalue weighted by atomic mass is 9.59. The zero-order valence-corrected chi connectivity index (χ0v) is 21.9. The number of aromatic nitrogens is 2. The van der Waals surface area contributed by atoms with E-state index in [2.05, 4.69) is 20.6 Å². The highest BCUT2D eigenvalue weighted by atomic mass is 35.5. The summed E-state index contributed by atoms with van der Waals surface area (Å²) in [5, 5.41) is 7.48. The highest BCUT2D eigenvalue weighted by Crippen LogP contribution is 2.58. The Morgan fingerprint density at radius 2 is 1.71 bits per heavy atom. The van der Waals surface area contributed by atoms with Crippen LogP contribution in [0.5, 0.6) is 11.6 Å². The molecule has 6 rings (SSSR count). The van der Waals surface area contributed by atoms with Crippen LogP contribution >= 0.6 is 34.8 Å². The van der Waals surface area contributed by atoms with Gasteiger partial charge in [-0.25, -0.2) is 4.98 Å². The first kappa shape index (κ1) is 24.7. The summed E-state index contributed by atoms with van der Waals surface area (Å²) in [7, 11) is 0. The van der Waals surface area contributed by atoms with Crippen molar-refractivity contribution in [2.24, 2.45) is 0 Å². The molecule has 2 aliphatic heterocycles. The van der Waals surface area contributed by atoms with Crippen LogP contribution in [-0.2, 0) is 15.0 Å². The molecule has 1 aromatic heterocycles. The summed E-state index contributed by atoms with van der Waals surface area (Å²) >= 11 is 19.1. The first-order chi connectivity index (χ1) is 18.4. The van der Waals surface area contributed by atoms with Crippen molar-refractivity contribution in [2.75, 3.05) is 5.32 Å². The Hall–Kier alpha value is -3.65. The first-order valence-corrected chi connectivity index (χ1v) is 12.9. The molecule has 2 N–H and O–H groups in total. The van der Waals surface area contributed by atoms with E-state index in [0.717, 1.165) is 5.56 Å². The molecule has 190 valence electrons. The number of piperidine rings is 1. The molecular formula is C28H19Cl3N4O3. The fourth-order valence-corrected chi connectivity index (χ4v) is 6.11. The average Bonchev–Trinajstić information content (AvgIpc) is 3.18. The molecule has 3 heterocycles. The number of carbonyl (C=O) groups is 2. The van der Waals surface area contributed by atoms with Gasteiger partial charge in [0.25, 0.3) is 0 Å². The lowest BCUT2D eigenvalue weighted by Gasteiger charge is -2.46. The lowest BCUT2D eigenvalue weighted by molar-refractivity contribution is -0.131. The van der Waals surface area contributed by atoms with E-state index in [0.29, 0.717) is 37.6 Å². The predicted molar refractivity (Wildman–Crippen MR) is 145 cm³/mol. The highest BCUT2D eigenvalue weighted by molar-refractivity contribution is 6.31. The maximum absolute atomic E-state index is 14.2. The van der Waals surface area contributed by atoms with Crippen molar-refractivity contribution >= 4 is 52.3 Å². The standard InChI is InChI=1S/C28H19Cl3N4O3/c29-16-3-1-2-15(10-16)21-13-24(36)35-26(28(21)20-6-4-18(31)12-22(20)34-27(28)37)19-11-17(30)5-7-23(19)38-25-14-32-8-9-33-25/h1-12,14,21,26H,13H2,(H,34,37)(H,35,36). The number of nitrogens with zero attached hydrogens (tertiary/aromatic N) is 2. The number of carbonyl (C=O) groups excluding carboxylic acids is 2. The topological polar surface area (TPSA) is 93.2 Å². The van der Waals surface area contributed by atoms with E-state index < -0.39 is 17.4 Å². The van der Waals surface area contributed by atoms with Crippen molar-refractivity contribution in [3.05, 3.63) is 111 Å². The van der Waals surface area contributed by atoms with Gasteiger partial charge in [0, 0.05) is 51.1 Å². The Balaban J connectivity index is 1.61. The maximum atomic E-state index is 14.2. The third kappa shape index (κ3) is 4.07. The van der Waals surface area contributed by atoms with Crippen LogP contribution in [-0.4, -0.2) is 21.8 Å². The van der Waals surface area contributed by atoms with E-state index in [-0.39, 0.29) is 24.1 Å². The number of hydrogen-bond acceptors (Lipinski definition) is 5. The Morgan fingerprint density at radius 3 is 2.50 bits per heavy atom. The molecule has 0 saturated carbocycles. The van der Waals surface area contributed by atoms with E-state index in [9.17, 15) is 9.59 Å². The number of fused-ring (bicyclic) bond motifs is 2. The van der Waals surface area contributed by atoms with Gasteiger partial charge in [-0.2, -0.15) is 0 Å². The quantitative estimate of drug-likeness (QED) is 0.296. The van der Waals surface area contributed by atoms with Gasteiger partial charge in [-0.1, -0.05) is 53.0 Å². The summed E-state index contributed by atoms with van der Waals surface area (Å²) in [6.45, 7) is 0. The second-order valence-electron chi connectivity index (χ2n) is 9.15. The number of amides is 2. The van der Waals surface area contributed by atoms with Crippen molar-refractivity contribution in [1.82, 2.24) is 15.3 Å². The van der Waals surface area contributed by atoms with E-state index in [1.165, 1.54) is 18.6 Å². The SMILES string of the molecule is O=C1CC(c2cccc(Cl)c2)C2(C(=O)Nc3cc(Cl)ccc32)C(c2cc(Cl)ccc2Oc2cnccn2)N1. The van der Waals surface area contributed by atoms with Crippen molar-refractivity contribution in [2.45, 2.75) is 23.8 Å². The summed E-state index contributed by atoms with van der Waals surface area (Å²) in [6.07, 6.45) is 4.58. The Labute approximate surface area is 233 Å². The monoisotopic (exact) mass is 564 g/mol. The maximum Gasteiger partial charge on any atom is 0.238 e. The smallest absolute Gasteiger partial charge is 0.238 e. The van der Waals surface area contributed by atoms with Crippen LogP contribution in [0.4, 0.5) is 5.69 Å². The normalized spacial score (nSPS) is 22.1. The largest absolute Gasteiger partial charge is 0.437 e. The van der Waals surface area contributed by atoms with E-state index in [1.54, 1.807) is 42.5 Å². The number of benzene rings is 3. The summed E-state index contributed by atoms with van der Waals surface area (Å²) in [5.41, 5.74) is 1.28. The molecule has 2 aliphatic rings. The molecule has 1 saturated heterocycles. The van der Waals surface area contributed by atoms with Gasteiger partial charge in [0.1, 0.15) is 11.2 Å². The molecule has 7 nitrogen and oxygen atoms in total. The number of ether oxygens (including phenoxy) is 1. The molecule has 4 aromatic rings. The van der Waals surface area contributed by atoms with Gasteiger partial charge >= 0.3 is 0 Å². The average molecular weight is 566 g/mol. The number of anilines is 1. The van der Waals surface area contributed by atoms with Gasteiger partial charge in [0.05, 0.1) is 12.2 Å². The van der Waals surface area contributed by atoms with Gasteiger partial charge in [-0.05, 0) is 53.6 Å². The number of hydrogen-bond donors (Lipinski definition) is 2. The van der Waals surface area contributed by atoms with Gasteiger partial charge in [-0.3, -0.25) is 14.6 Å². The second kappa shape index (κ2) is 9.58. The van der Waals surface area contributed by atoms with E-state index in [1.807, 2.05) is 18.2 Å². The van der Waals surface area contributed by atoms with Crippen LogP contribution in [0.1, 0.15) is 35.1 Å². The van der Waals surface area contributed by atoms with Gasteiger partial charge in [-0.15, -0.1) is 0 Å². The Morgan fingerprint density at radius 1 is 0.921 bits per heavy atom. The molecule has 0 aliphatic carbocycles. The van der Waals surface area contributed by atoms with Crippen LogP contribution in [0.3, 0.4) is 0 Å². The van der Waals surface area contributed by atoms with Crippen LogP contribution < -0.4 is 15.4 Å². The number of halogens is 3. The van der Waals surface area contributed by atoms with Gasteiger partial charge < -0.3 is 15.4 Å². The summed E-state index contributed by atoms with van der Waals surface area (Å²) in [6, 6.07) is 16.7. The minimum Gasteiger partial charge on any atom is -0.437 e. The van der Waals surface area contributed by atoms with Crippen molar-refractivity contribution < 1.29 is 14.3 Å². The van der Waals surface area contributed by atoms with E-state index >= 15 is 0 Å². The zero-order chi connectivity index (χ0) is 26.4. The van der Waals surface area contributed by atoms with Crippen LogP contribution in [0.15, 0.2) is 79.3 Å². The lowest BCUT2D eigenvalue weighted by Crippen LogP contribution is -2.56. The molecule has 3 unspecified atom stereocenters. The Bertz CT molecular complexity index is 1580. The molecule has 1 fully saturated rings. The predicted octanol–water partition coefficient (Wildman–Crippen LogP) is 6.46. The zero-order valence-electron chi connectivity index (χ0n) is 19.6. The summed E-state index contributed by atoms with van der Waals surface area (Å²) in [4.78, 5) is 35.8. The molecule has 2 amide bonds. The van der Waals surface area contributed by atoms with Gasteiger partial charge in [0.15, 0.2) is 0 Å². The van der Waals surface area contributed by atoms with Crippen molar-refractivity contribution in [3.63, 3.8) is 0 Å². The second-order valence-corrected chi connectivity index (χ2v) is 10.5. The molecule has 10 heteroatoms. The van der Waals surface area contributed by atoms with Crippen LogP contribution in [0.2, 0.25) is 15.1 Å². The third-order valence-electron chi connectivity index (χ3n) is 7.04. The van der Waals surface area contributed by atoms with Crippen LogP contribution in [0.25, 0.3) is 0 Å². The highest BCUT2D eigenvalue weighted by Gasteiger charge is 2.61. The molecule has 3 atom stereocenters. The fraction of sp³-hybridized carbons (Fsp3) is 0.143. The third-order valence-corrected chi connectivity index (χ3v) is 7.74.